The molecule has 0 spiro atoms. The summed E-state index contributed by atoms with van der Waals surface area (Å²) < 4.78 is 92.6. The van der Waals surface area contributed by atoms with E-state index in [0.29, 0.717) is 4.90 Å². The third kappa shape index (κ3) is 4.41. The van der Waals surface area contributed by atoms with Gasteiger partial charge in [-0.1, -0.05) is 6.07 Å². The number of nitrogens with two attached hydrogens (primary N) is 1. The second-order valence-electron chi connectivity index (χ2n) is 6.64. The van der Waals surface area contributed by atoms with Crippen LogP contribution in [0.3, 0.4) is 0 Å². The zero-order chi connectivity index (χ0) is 22.3. The molecule has 1 amide bonds. The van der Waals surface area contributed by atoms with E-state index < -0.39 is 48.3 Å². The maximum Gasteiger partial charge on any atom is 0.471 e. The quantitative estimate of drug-likeness (QED) is 0.729. The maximum absolute atomic E-state index is 13.5. The molecule has 3 rings (SSSR count). The lowest BCUT2D eigenvalue weighted by molar-refractivity contribution is -0.186. The lowest BCUT2D eigenvalue weighted by atomic mass is 10.0. The number of carbonyl (C=O) groups is 1. The summed E-state index contributed by atoms with van der Waals surface area (Å²) in [6.07, 6.45) is -9.22. The van der Waals surface area contributed by atoms with Crippen LogP contribution >= 0.6 is 0 Å². The number of alkyl halides is 6. The molecular weight excluding hydrogens is 421 g/mol. The Labute approximate surface area is 165 Å². The zero-order valence-corrected chi connectivity index (χ0v) is 15.2. The van der Waals surface area contributed by atoms with Crippen LogP contribution in [0.5, 0.6) is 0 Å². The van der Waals surface area contributed by atoms with E-state index in [1.165, 1.54) is 17.0 Å². The molecule has 0 radical (unpaired) electrons. The molecule has 0 saturated heterocycles. The Balaban J connectivity index is 2.05. The number of hydrogen-bond donors (Lipinski definition) is 1. The van der Waals surface area contributed by atoms with Crippen LogP contribution in [0.2, 0.25) is 0 Å². The van der Waals surface area contributed by atoms with Gasteiger partial charge in [0.15, 0.2) is 5.82 Å². The second kappa shape index (κ2) is 7.65. The van der Waals surface area contributed by atoms with Gasteiger partial charge in [0, 0.05) is 30.9 Å². The normalized spacial score (nSPS) is 15.0. The molecule has 1 aromatic carbocycles. The second-order valence-corrected chi connectivity index (χ2v) is 6.64. The minimum absolute atomic E-state index is 0.00648. The molecular formula is C18H15F7N4O. The van der Waals surface area contributed by atoms with Crippen LogP contribution < -0.4 is 10.6 Å². The number of anilines is 2. The molecule has 0 saturated carbocycles. The molecule has 1 aromatic heterocycles. The number of benzene rings is 1. The van der Waals surface area contributed by atoms with Gasteiger partial charge in [-0.2, -0.15) is 26.3 Å². The number of nitrogen functional groups attached to an aromatic ring is 1. The summed E-state index contributed by atoms with van der Waals surface area (Å²) in [7, 11) is 0. The van der Waals surface area contributed by atoms with Crippen molar-refractivity contribution in [3.05, 3.63) is 53.1 Å². The summed E-state index contributed by atoms with van der Waals surface area (Å²) in [5.74, 6) is -3.01. The van der Waals surface area contributed by atoms with Crippen molar-refractivity contribution in [2.45, 2.75) is 25.4 Å². The fourth-order valence-corrected chi connectivity index (χ4v) is 3.23. The average Bonchev–Trinajstić information content (AvgIpc) is 2.82. The van der Waals surface area contributed by atoms with E-state index in [9.17, 15) is 35.5 Å². The molecule has 0 atom stereocenters. The first-order valence-corrected chi connectivity index (χ1v) is 8.58. The standard InChI is InChI=1S/C18H15F7N4O/c19-13-7-27-10(6-14(13)26)8-28-4-5-29(16(30)18(23,24)25)9-11-12(17(20,21)22)2-1-3-15(11)28/h1-3,6-7H,4-5,8-9H2,(H2,26,27). The van der Waals surface area contributed by atoms with Gasteiger partial charge >= 0.3 is 18.3 Å². The van der Waals surface area contributed by atoms with Crippen LogP contribution in [-0.4, -0.2) is 35.1 Å². The molecule has 1 aliphatic heterocycles. The predicted octanol–water partition coefficient (Wildman–Crippen LogP) is 3.73. The number of fused-ring (bicyclic) bond motifs is 1. The summed E-state index contributed by atoms with van der Waals surface area (Å²) >= 11 is 0. The van der Waals surface area contributed by atoms with Gasteiger partial charge in [-0.05, 0) is 18.2 Å². The van der Waals surface area contributed by atoms with Crippen molar-refractivity contribution < 1.29 is 35.5 Å². The number of amides is 1. The van der Waals surface area contributed by atoms with Gasteiger partial charge in [-0.25, -0.2) is 4.39 Å². The van der Waals surface area contributed by atoms with Gasteiger partial charge in [-0.15, -0.1) is 0 Å². The smallest absolute Gasteiger partial charge is 0.396 e. The molecule has 2 aromatic rings. The zero-order valence-electron chi connectivity index (χ0n) is 15.2. The molecule has 0 unspecified atom stereocenters. The first-order chi connectivity index (χ1) is 13.9. The number of pyridine rings is 1. The highest BCUT2D eigenvalue weighted by Crippen LogP contribution is 2.39. The van der Waals surface area contributed by atoms with Gasteiger partial charge < -0.3 is 15.5 Å². The summed E-state index contributed by atoms with van der Waals surface area (Å²) in [5, 5.41) is 0. The minimum atomic E-state index is -5.23. The lowest BCUT2D eigenvalue weighted by Crippen LogP contribution is -2.42. The van der Waals surface area contributed by atoms with E-state index in [0.717, 1.165) is 18.3 Å². The van der Waals surface area contributed by atoms with Gasteiger partial charge in [0.1, 0.15) is 0 Å². The monoisotopic (exact) mass is 436 g/mol. The molecule has 12 heteroatoms. The average molecular weight is 436 g/mol. The minimum Gasteiger partial charge on any atom is -0.396 e. The number of rotatable bonds is 2. The number of halogens is 7. The van der Waals surface area contributed by atoms with Gasteiger partial charge in [-0.3, -0.25) is 9.78 Å². The Hall–Kier alpha value is -3.05. The van der Waals surface area contributed by atoms with Crippen LogP contribution in [0.4, 0.5) is 42.1 Å². The molecule has 2 heterocycles. The Kier molecular flexibility index (Phi) is 5.52. The highest BCUT2D eigenvalue weighted by Gasteiger charge is 2.44. The molecule has 162 valence electrons. The van der Waals surface area contributed by atoms with Crippen LogP contribution in [-0.2, 0) is 24.1 Å². The highest BCUT2D eigenvalue weighted by molar-refractivity contribution is 5.82. The number of aromatic nitrogens is 1. The van der Waals surface area contributed by atoms with Crippen molar-refractivity contribution >= 4 is 17.3 Å². The molecule has 5 nitrogen and oxygen atoms in total. The molecule has 0 bridgehead atoms. The van der Waals surface area contributed by atoms with Crippen molar-refractivity contribution in [1.29, 1.82) is 0 Å². The molecule has 30 heavy (non-hydrogen) atoms. The van der Waals surface area contributed by atoms with Gasteiger partial charge in [0.05, 0.1) is 29.7 Å². The van der Waals surface area contributed by atoms with Crippen molar-refractivity contribution in [3.63, 3.8) is 0 Å². The number of carbonyl (C=O) groups excluding carboxylic acids is 1. The van der Waals surface area contributed by atoms with Crippen LogP contribution in [0.15, 0.2) is 30.5 Å². The number of hydrogen-bond acceptors (Lipinski definition) is 4. The molecule has 0 fully saturated rings. The van der Waals surface area contributed by atoms with E-state index in [-0.39, 0.29) is 30.2 Å². The summed E-state index contributed by atoms with van der Waals surface area (Å²) in [6.45, 7) is -1.68. The third-order valence-electron chi connectivity index (χ3n) is 4.61. The Morgan fingerprint density at radius 3 is 2.43 bits per heavy atom. The van der Waals surface area contributed by atoms with Crippen LogP contribution in [0.25, 0.3) is 0 Å². The van der Waals surface area contributed by atoms with E-state index in [1.807, 2.05) is 0 Å². The van der Waals surface area contributed by atoms with Crippen LogP contribution in [0, 0.1) is 5.82 Å². The number of nitrogens with zero attached hydrogens (tertiary/aromatic N) is 3. The highest BCUT2D eigenvalue weighted by atomic mass is 19.4. The van der Waals surface area contributed by atoms with Crippen LogP contribution in [0.1, 0.15) is 16.8 Å². The molecule has 2 N–H and O–H groups in total. The molecule has 1 aliphatic rings. The van der Waals surface area contributed by atoms with Crippen molar-refractivity contribution in [1.82, 2.24) is 9.88 Å². The van der Waals surface area contributed by atoms with Gasteiger partial charge in [0.25, 0.3) is 0 Å². The topological polar surface area (TPSA) is 62.5 Å². The Morgan fingerprint density at radius 2 is 1.83 bits per heavy atom. The van der Waals surface area contributed by atoms with E-state index in [1.54, 1.807) is 0 Å². The Morgan fingerprint density at radius 1 is 1.13 bits per heavy atom. The Bertz CT molecular complexity index is 959. The van der Waals surface area contributed by atoms with Crippen molar-refractivity contribution in [2.75, 3.05) is 23.7 Å². The first kappa shape index (κ1) is 21.7. The van der Waals surface area contributed by atoms with Gasteiger partial charge in [0.2, 0.25) is 0 Å². The lowest BCUT2D eigenvalue weighted by Gasteiger charge is -2.25. The SMILES string of the molecule is Nc1cc(CN2CCN(C(=O)C(F)(F)F)Cc3c2cccc3C(F)(F)F)ncc1F. The largest absolute Gasteiger partial charge is 0.471 e. The fourth-order valence-electron chi connectivity index (χ4n) is 3.23. The summed E-state index contributed by atoms with van der Waals surface area (Å²) in [4.78, 5) is 17.2. The summed E-state index contributed by atoms with van der Waals surface area (Å²) in [5.41, 5.74) is 3.86. The maximum atomic E-state index is 13.5. The molecule has 0 aliphatic carbocycles. The summed E-state index contributed by atoms with van der Waals surface area (Å²) in [6, 6.07) is 4.38. The van der Waals surface area contributed by atoms with Crippen molar-refractivity contribution in [3.8, 4) is 0 Å². The first-order valence-electron chi connectivity index (χ1n) is 8.58. The third-order valence-corrected chi connectivity index (χ3v) is 4.61. The fraction of sp³-hybridized carbons (Fsp3) is 0.333. The predicted molar refractivity (Wildman–Crippen MR) is 92.6 cm³/mol. The van der Waals surface area contributed by atoms with E-state index >= 15 is 0 Å². The van der Waals surface area contributed by atoms with Crippen molar-refractivity contribution in [2.24, 2.45) is 0 Å². The van der Waals surface area contributed by atoms with E-state index in [2.05, 4.69) is 4.98 Å². The van der Waals surface area contributed by atoms with E-state index in [4.69, 9.17) is 5.73 Å².